The molecule has 23 heavy (non-hydrogen) atoms. The lowest BCUT2D eigenvalue weighted by Crippen LogP contribution is -2.45. The molecule has 2 heterocycles. The molecule has 0 saturated carbocycles. The second-order valence-electron chi connectivity index (χ2n) is 5.77. The van der Waals surface area contributed by atoms with Gasteiger partial charge in [0, 0.05) is 30.0 Å². The van der Waals surface area contributed by atoms with Gasteiger partial charge in [0.15, 0.2) is 0 Å². The van der Waals surface area contributed by atoms with Crippen molar-refractivity contribution >= 4 is 32.7 Å². The molecule has 2 aromatic rings. The topological polar surface area (TPSA) is 76.0 Å². The lowest BCUT2D eigenvalue weighted by molar-refractivity contribution is -0.122. The number of rotatable bonds is 4. The minimum absolute atomic E-state index is 0.0278. The number of hydrogen-bond donors (Lipinski definition) is 2. The maximum Gasteiger partial charge on any atom is 0.261 e. The Labute approximate surface area is 142 Å². The third-order valence-corrected chi connectivity index (χ3v) is 4.52. The van der Waals surface area contributed by atoms with Crippen LogP contribution in [0.3, 0.4) is 0 Å². The number of fused-ring (bicyclic) bond motifs is 1. The number of nitrogens with zero attached hydrogens (tertiary/aromatic N) is 2. The molecule has 0 aliphatic carbocycles. The van der Waals surface area contributed by atoms with Crippen LogP contribution >= 0.6 is 15.9 Å². The van der Waals surface area contributed by atoms with Gasteiger partial charge in [-0.05, 0) is 37.6 Å². The normalized spacial score (nSPS) is 18.0. The minimum Gasteiger partial charge on any atom is -0.352 e. The number of benzene rings is 1. The first-order valence-corrected chi connectivity index (χ1v) is 8.57. The summed E-state index contributed by atoms with van der Waals surface area (Å²) >= 11 is 3.36. The van der Waals surface area contributed by atoms with Gasteiger partial charge < -0.3 is 10.6 Å². The van der Waals surface area contributed by atoms with Crippen molar-refractivity contribution in [1.82, 2.24) is 20.2 Å². The van der Waals surface area contributed by atoms with E-state index in [4.69, 9.17) is 0 Å². The molecule has 0 spiro atoms. The van der Waals surface area contributed by atoms with E-state index in [0.29, 0.717) is 17.4 Å². The summed E-state index contributed by atoms with van der Waals surface area (Å²) < 4.78 is 2.33. The first-order chi connectivity index (χ1) is 11.1. The van der Waals surface area contributed by atoms with Crippen LogP contribution in [0.5, 0.6) is 0 Å². The summed E-state index contributed by atoms with van der Waals surface area (Å²) in [5.74, 6) is -0.0278. The maximum absolute atomic E-state index is 12.4. The third-order valence-electron chi connectivity index (χ3n) is 4.03. The summed E-state index contributed by atoms with van der Waals surface area (Å²) in [5.41, 5.74) is 0.538. The molecule has 2 N–H and O–H groups in total. The van der Waals surface area contributed by atoms with Crippen LogP contribution in [0.25, 0.3) is 10.9 Å². The largest absolute Gasteiger partial charge is 0.352 e. The zero-order valence-electron chi connectivity index (χ0n) is 12.7. The average Bonchev–Trinajstić information content (AvgIpc) is 2.56. The Morgan fingerprint density at radius 2 is 2.35 bits per heavy atom. The fourth-order valence-corrected chi connectivity index (χ4v) is 3.15. The van der Waals surface area contributed by atoms with Crippen LogP contribution < -0.4 is 16.2 Å². The van der Waals surface area contributed by atoms with Gasteiger partial charge in [0.1, 0.15) is 0 Å². The van der Waals surface area contributed by atoms with E-state index in [0.717, 1.165) is 30.4 Å². The van der Waals surface area contributed by atoms with E-state index in [1.54, 1.807) is 12.1 Å². The highest BCUT2D eigenvalue weighted by molar-refractivity contribution is 9.10. The summed E-state index contributed by atoms with van der Waals surface area (Å²) in [6.45, 7) is 2.16. The van der Waals surface area contributed by atoms with Crippen LogP contribution in [0.1, 0.15) is 19.3 Å². The highest BCUT2D eigenvalue weighted by Gasteiger charge is 2.15. The first kappa shape index (κ1) is 16.1. The predicted molar refractivity (Wildman–Crippen MR) is 92.4 cm³/mol. The Morgan fingerprint density at radius 3 is 3.13 bits per heavy atom. The minimum atomic E-state index is -0.122. The SMILES string of the molecule is O=C(CCn1cnc2ccc(Br)cc2c1=O)NC1CCCNC1. The number of halogens is 1. The van der Waals surface area contributed by atoms with Crippen molar-refractivity contribution in [2.24, 2.45) is 0 Å². The molecular weight excluding hydrogens is 360 g/mol. The number of aromatic nitrogens is 2. The van der Waals surface area contributed by atoms with Crippen molar-refractivity contribution in [3.63, 3.8) is 0 Å². The van der Waals surface area contributed by atoms with E-state index in [-0.39, 0.29) is 23.9 Å². The van der Waals surface area contributed by atoms with Crippen LogP contribution in [0, 0.1) is 0 Å². The van der Waals surface area contributed by atoms with E-state index in [1.165, 1.54) is 10.9 Å². The molecule has 6 nitrogen and oxygen atoms in total. The van der Waals surface area contributed by atoms with Gasteiger partial charge in [-0.15, -0.1) is 0 Å². The Balaban J connectivity index is 1.65. The molecule has 1 aliphatic heterocycles. The van der Waals surface area contributed by atoms with E-state index in [9.17, 15) is 9.59 Å². The molecule has 0 bridgehead atoms. The molecule has 1 aromatic carbocycles. The summed E-state index contributed by atoms with van der Waals surface area (Å²) in [7, 11) is 0. The highest BCUT2D eigenvalue weighted by Crippen LogP contribution is 2.14. The smallest absolute Gasteiger partial charge is 0.261 e. The average molecular weight is 379 g/mol. The Hall–Kier alpha value is -1.73. The van der Waals surface area contributed by atoms with Crippen LogP contribution in [-0.2, 0) is 11.3 Å². The molecule has 1 saturated heterocycles. The van der Waals surface area contributed by atoms with Gasteiger partial charge in [0.05, 0.1) is 17.2 Å². The van der Waals surface area contributed by atoms with Crippen LogP contribution in [-0.4, -0.2) is 34.6 Å². The van der Waals surface area contributed by atoms with E-state index in [2.05, 4.69) is 31.5 Å². The second kappa shape index (κ2) is 7.23. The third kappa shape index (κ3) is 3.97. The Morgan fingerprint density at radius 1 is 1.48 bits per heavy atom. The molecule has 1 unspecified atom stereocenters. The number of amides is 1. The molecule has 0 radical (unpaired) electrons. The van der Waals surface area contributed by atoms with Crippen molar-refractivity contribution in [3.8, 4) is 0 Å². The molecule has 7 heteroatoms. The highest BCUT2D eigenvalue weighted by atomic mass is 79.9. The predicted octanol–water partition coefficient (Wildman–Crippen LogP) is 1.42. The van der Waals surface area contributed by atoms with Crippen molar-refractivity contribution in [3.05, 3.63) is 39.4 Å². The second-order valence-corrected chi connectivity index (χ2v) is 6.68. The standard InChI is InChI=1S/C16H19BrN4O2/c17-11-3-4-14-13(8-11)16(23)21(10-19-14)7-5-15(22)20-12-2-1-6-18-9-12/h3-4,8,10,12,18H,1-2,5-7,9H2,(H,20,22). The van der Waals surface area contributed by atoms with Crippen LogP contribution in [0.4, 0.5) is 0 Å². The number of hydrogen-bond acceptors (Lipinski definition) is 4. The van der Waals surface area contributed by atoms with E-state index >= 15 is 0 Å². The molecular formula is C16H19BrN4O2. The van der Waals surface area contributed by atoms with Crippen LogP contribution in [0.2, 0.25) is 0 Å². The summed E-state index contributed by atoms with van der Waals surface area (Å²) in [5, 5.41) is 6.83. The van der Waals surface area contributed by atoms with Gasteiger partial charge in [0.25, 0.3) is 5.56 Å². The number of aryl methyl sites for hydroxylation is 1. The van der Waals surface area contributed by atoms with Gasteiger partial charge in [-0.3, -0.25) is 14.2 Å². The van der Waals surface area contributed by atoms with E-state index in [1.807, 2.05) is 6.07 Å². The van der Waals surface area contributed by atoms with Crippen molar-refractivity contribution in [2.75, 3.05) is 13.1 Å². The summed E-state index contributed by atoms with van der Waals surface area (Å²) in [6, 6.07) is 5.60. The van der Waals surface area contributed by atoms with Gasteiger partial charge in [-0.25, -0.2) is 4.98 Å². The summed E-state index contributed by atoms with van der Waals surface area (Å²) in [6.07, 6.45) is 3.86. The van der Waals surface area contributed by atoms with Crippen LogP contribution in [0.15, 0.2) is 33.8 Å². The fourth-order valence-electron chi connectivity index (χ4n) is 2.79. The number of nitrogens with one attached hydrogen (secondary N) is 2. The molecule has 1 atom stereocenters. The van der Waals surface area contributed by atoms with Crippen molar-refractivity contribution in [2.45, 2.75) is 31.8 Å². The maximum atomic E-state index is 12.4. The molecule has 1 aliphatic rings. The van der Waals surface area contributed by atoms with Gasteiger partial charge in [-0.2, -0.15) is 0 Å². The zero-order valence-corrected chi connectivity index (χ0v) is 14.3. The molecule has 3 rings (SSSR count). The van der Waals surface area contributed by atoms with Crippen molar-refractivity contribution < 1.29 is 4.79 Å². The van der Waals surface area contributed by atoms with Gasteiger partial charge >= 0.3 is 0 Å². The molecule has 1 amide bonds. The lowest BCUT2D eigenvalue weighted by atomic mass is 10.1. The molecule has 122 valence electrons. The monoisotopic (exact) mass is 378 g/mol. The summed E-state index contributed by atoms with van der Waals surface area (Å²) in [4.78, 5) is 28.8. The lowest BCUT2D eigenvalue weighted by Gasteiger charge is -2.23. The fraction of sp³-hybridized carbons (Fsp3) is 0.438. The van der Waals surface area contributed by atoms with Gasteiger partial charge in [-0.1, -0.05) is 15.9 Å². The molecule has 1 aromatic heterocycles. The van der Waals surface area contributed by atoms with E-state index < -0.39 is 0 Å². The Bertz CT molecular complexity index is 768. The number of carbonyl (C=O) groups is 1. The van der Waals surface area contributed by atoms with Gasteiger partial charge in [0.2, 0.25) is 5.91 Å². The zero-order chi connectivity index (χ0) is 16.2. The quantitative estimate of drug-likeness (QED) is 0.843. The molecule has 1 fully saturated rings. The van der Waals surface area contributed by atoms with Crippen molar-refractivity contribution in [1.29, 1.82) is 0 Å². The number of piperidine rings is 1. The number of carbonyl (C=O) groups excluding carboxylic acids is 1. The first-order valence-electron chi connectivity index (χ1n) is 7.78. The Kier molecular flexibility index (Phi) is 5.07.